The molecule has 0 radical (unpaired) electrons. The minimum atomic E-state index is -0.803. The van der Waals surface area contributed by atoms with Crippen molar-refractivity contribution < 1.29 is 23.2 Å². The standard InChI is InChI=1S/C17H15FN4O4/c1-3-25-17(24)21-20-15(23)11-8-13(10-6-4-5-7-12(10)18)19-16-14(11)9(2)22-26-16/h4-8H,3H2,1-2H3,(H,20,23)(H,21,24). The summed E-state index contributed by atoms with van der Waals surface area (Å²) in [5.41, 5.74) is 5.42. The quantitative estimate of drug-likeness (QED) is 0.697. The van der Waals surface area contributed by atoms with Crippen molar-refractivity contribution in [2.75, 3.05) is 6.61 Å². The van der Waals surface area contributed by atoms with Gasteiger partial charge >= 0.3 is 6.09 Å². The van der Waals surface area contributed by atoms with E-state index >= 15 is 0 Å². The van der Waals surface area contributed by atoms with Crippen LogP contribution in [0.5, 0.6) is 0 Å². The highest BCUT2D eigenvalue weighted by atomic mass is 19.1. The minimum Gasteiger partial charge on any atom is -0.449 e. The molecule has 2 aromatic heterocycles. The molecule has 0 saturated heterocycles. The van der Waals surface area contributed by atoms with Crippen LogP contribution in [0.15, 0.2) is 34.9 Å². The molecule has 2 N–H and O–H groups in total. The van der Waals surface area contributed by atoms with Crippen molar-refractivity contribution >= 4 is 23.1 Å². The van der Waals surface area contributed by atoms with Gasteiger partial charge in [-0.1, -0.05) is 17.3 Å². The normalized spacial score (nSPS) is 10.6. The molecular weight excluding hydrogens is 343 g/mol. The third kappa shape index (κ3) is 3.32. The summed E-state index contributed by atoms with van der Waals surface area (Å²) in [5, 5.41) is 4.17. The van der Waals surface area contributed by atoms with Gasteiger partial charge in [0.05, 0.1) is 28.9 Å². The Kier molecular flexibility index (Phi) is 4.78. The molecule has 134 valence electrons. The zero-order valence-corrected chi connectivity index (χ0v) is 14.0. The van der Waals surface area contributed by atoms with E-state index in [2.05, 4.69) is 25.7 Å². The maximum Gasteiger partial charge on any atom is 0.426 e. The number of aromatic nitrogens is 2. The topological polar surface area (TPSA) is 106 Å². The number of hydrogen-bond donors (Lipinski definition) is 2. The van der Waals surface area contributed by atoms with Crippen molar-refractivity contribution in [1.29, 1.82) is 0 Å². The molecule has 3 aromatic rings. The van der Waals surface area contributed by atoms with E-state index < -0.39 is 17.8 Å². The fourth-order valence-electron chi connectivity index (χ4n) is 2.42. The van der Waals surface area contributed by atoms with Gasteiger partial charge in [-0.05, 0) is 32.0 Å². The van der Waals surface area contributed by atoms with Crippen molar-refractivity contribution in [3.05, 3.63) is 47.4 Å². The number of aryl methyl sites for hydroxylation is 1. The van der Waals surface area contributed by atoms with Gasteiger partial charge in [-0.2, -0.15) is 0 Å². The maximum absolute atomic E-state index is 14.1. The number of carbonyl (C=O) groups is 2. The van der Waals surface area contributed by atoms with Crippen LogP contribution in [0.3, 0.4) is 0 Å². The first-order valence-corrected chi connectivity index (χ1v) is 7.76. The molecular formula is C17H15FN4O4. The van der Waals surface area contributed by atoms with Gasteiger partial charge in [0.1, 0.15) is 5.82 Å². The lowest BCUT2D eigenvalue weighted by molar-refractivity contribution is 0.0914. The molecule has 0 unspecified atom stereocenters. The number of halogens is 1. The summed E-state index contributed by atoms with van der Waals surface area (Å²) in [6.45, 7) is 3.43. The number of amides is 2. The van der Waals surface area contributed by atoms with Crippen molar-refractivity contribution in [2.24, 2.45) is 0 Å². The number of rotatable bonds is 3. The summed E-state index contributed by atoms with van der Waals surface area (Å²) in [6, 6.07) is 7.43. The molecule has 2 heterocycles. The van der Waals surface area contributed by atoms with E-state index in [1.54, 1.807) is 26.0 Å². The Morgan fingerprint density at radius 2 is 2.04 bits per heavy atom. The highest BCUT2D eigenvalue weighted by Gasteiger charge is 2.20. The third-order valence-electron chi connectivity index (χ3n) is 3.57. The Hall–Kier alpha value is -3.49. The first-order chi connectivity index (χ1) is 12.5. The van der Waals surface area contributed by atoms with Crippen LogP contribution in [-0.2, 0) is 4.74 Å². The number of carbonyl (C=O) groups excluding carboxylic acids is 2. The van der Waals surface area contributed by atoms with Crippen LogP contribution < -0.4 is 10.9 Å². The molecule has 0 fully saturated rings. The monoisotopic (exact) mass is 358 g/mol. The van der Waals surface area contributed by atoms with Crippen LogP contribution >= 0.6 is 0 Å². The van der Waals surface area contributed by atoms with Gasteiger partial charge < -0.3 is 9.26 Å². The molecule has 0 aliphatic heterocycles. The second-order valence-corrected chi connectivity index (χ2v) is 5.28. The van der Waals surface area contributed by atoms with Gasteiger partial charge in [-0.15, -0.1) is 0 Å². The van der Waals surface area contributed by atoms with E-state index in [4.69, 9.17) is 4.52 Å². The predicted molar refractivity (Wildman–Crippen MR) is 89.6 cm³/mol. The Morgan fingerprint density at radius 3 is 2.77 bits per heavy atom. The van der Waals surface area contributed by atoms with Crippen molar-refractivity contribution in [2.45, 2.75) is 13.8 Å². The SMILES string of the molecule is CCOC(=O)NNC(=O)c1cc(-c2ccccc2F)nc2onc(C)c12. The van der Waals surface area contributed by atoms with Crippen LogP contribution in [0.2, 0.25) is 0 Å². The van der Waals surface area contributed by atoms with Crippen LogP contribution in [0.1, 0.15) is 23.0 Å². The molecule has 2 amide bonds. The Bertz CT molecular complexity index is 986. The lowest BCUT2D eigenvalue weighted by Gasteiger charge is -2.09. The average molecular weight is 358 g/mol. The lowest BCUT2D eigenvalue weighted by atomic mass is 10.0. The fourth-order valence-corrected chi connectivity index (χ4v) is 2.42. The van der Waals surface area contributed by atoms with Crippen LogP contribution in [0, 0.1) is 12.7 Å². The number of benzene rings is 1. The van der Waals surface area contributed by atoms with E-state index in [0.29, 0.717) is 11.1 Å². The lowest BCUT2D eigenvalue weighted by Crippen LogP contribution is -2.42. The summed E-state index contributed by atoms with van der Waals surface area (Å²) < 4.78 is 23.9. The molecule has 1 aromatic carbocycles. The smallest absolute Gasteiger partial charge is 0.426 e. The minimum absolute atomic E-state index is 0.0875. The van der Waals surface area contributed by atoms with Gasteiger partial charge in [0, 0.05) is 5.56 Å². The summed E-state index contributed by atoms with van der Waals surface area (Å²) in [6.07, 6.45) is -0.803. The van der Waals surface area contributed by atoms with Gasteiger partial charge in [0.15, 0.2) is 0 Å². The number of ether oxygens (including phenoxy) is 1. The van der Waals surface area contributed by atoms with Gasteiger partial charge in [-0.25, -0.2) is 19.6 Å². The average Bonchev–Trinajstić information content (AvgIpc) is 3.00. The van der Waals surface area contributed by atoms with Crippen molar-refractivity contribution in [3.8, 4) is 11.3 Å². The number of pyridine rings is 1. The first-order valence-electron chi connectivity index (χ1n) is 7.76. The molecule has 9 heteroatoms. The molecule has 0 aliphatic rings. The molecule has 26 heavy (non-hydrogen) atoms. The summed E-state index contributed by atoms with van der Waals surface area (Å²) >= 11 is 0. The van der Waals surface area contributed by atoms with Crippen LogP contribution in [0.4, 0.5) is 9.18 Å². The van der Waals surface area contributed by atoms with Gasteiger partial charge in [0.2, 0.25) is 0 Å². The Labute approximate surface area is 147 Å². The van der Waals surface area contributed by atoms with E-state index in [0.717, 1.165) is 0 Å². The second-order valence-electron chi connectivity index (χ2n) is 5.28. The summed E-state index contributed by atoms with van der Waals surface area (Å²) in [7, 11) is 0. The molecule has 3 rings (SSSR count). The third-order valence-corrected chi connectivity index (χ3v) is 3.57. The molecule has 8 nitrogen and oxygen atoms in total. The number of fused-ring (bicyclic) bond motifs is 1. The highest BCUT2D eigenvalue weighted by Crippen LogP contribution is 2.28. The van der Waals surface area contributed by atoms with E-state index in [1.807, 2.05) is 0 Å². The number of nitrogens with zero attached hydrogens (tertiary/aromatic N) is 2. The number of nitrogens with one attached hydrogen (secondary N) is 2. The summed E-state index contributed by atoms with van der Waals surface area (Å²) in [4.78, 5) is 28.1. The van der Waals surface area contributed by atoms with Crippen molar-refractivity contribution in [1.82, 2.24) is 21.0 Å². The number of hydrazine groups is 1. The van der Waals surface area contributed by atoms with Crippen LogP contribution in [-0.4, -0.2) is 28.7 Å². The number of hydrogen-bond acceptors (Lipinski definition) is 6. The zero-order chi connectivity index (χ0) is 18.7. The molecule has 0 aliphatic carbocycles. The van der Waals surface area contributed by atoms with Crippen molar-refractivity contribution in [3.63, 3.8) is 0 Å². The second kappa shape index (κ2) is 7.18. The maximum atomic E-state index is 14.1. The predicted octanol–water partition coefficient (Wildman–Crippen LogP) is 2.73. The molecule has 0 spiro atoms. The summed E-state index contributed by atoms with van der Waals surface area (Å²) in [5.74, 6) is -1.14. The first kappa shape index (κ1) is 17.3. The Balaban J connectivity index is 2.03. The van der Waals surface area contributed by atoms with Gasteiger partial charge in [0.25, 0.3) is 11.6 Å². The molecule has 0 atom stereocenters. The fraction of sp³-hybridized carbons (Fsp3) is 0.176. The van der Waals surface area contributed by atoms with E-state index in [-0.39, 0.29) is 29.1 Å². The van der Waals surface area contributed by atoms with Crippen LogP contribution in [0.25, 0.3) is 22.4 Å². The largest absolute Gasteiger partial charge is 0.449 e. The van der Waals surface area contributed by atoms with E-state index in [9.17, 15) is 14.0 Å². The Morgan fingerprint density at radius 1 is 1.27 bits per heavy atom. The van der Waals surface area contributed by atoms with Gasteiger partial charge in [-0.3, -0.25) is 10.2 Å². The van der Waals surface area contributed by atoms with E-state index in [1.165, 1.54) is 18.2 Å². The molecule has 0 saturated carbocycles. The highest BCUT2D eigenvalue weighted by molar-refractivity contribution is 6.07. The zero-order valence-electron chi connectivity index (χ0n) is 14.0. The molecule has 0 bridgehead atoms.